The predicted octanol–water partition coefficient (Wildman–Crippen LogP) is 3.38. The number of nitrogens with zero attached hydrogens (tertiary/aromatic N) is 1. The Morgan fingerprint density at radius 1 is 1.22 bits per heavy atom. The first kappa shape index (κ1) is 21.2. The summed E-state index contributed by atoms with van der Waals surface area (Å²) in [5, 5.41) is 2.57. The van der Waals surface area contributed by atoms with E-state index in [-0.39, 0.29) is 17.1 Å². The average Bonchev–Trinajstić information content (AvgIpc) is 2.62. The molecule has 0 bridgehead atoms. The van der Waals surface area contributed by atoms with E-state index in [9.17, 15) is 17.6 Å². The second kappa shape index (κ2) is 9.19. The lowest BCUT2D eigenvalue weighted by molar-refractivity contribution is -0.122. The quantitative estimate of drug-likeness (QED) is 0.722. The van der Waals surface area contributed by atoms with Gasteiger partial charge in [-0.3, -0.25) is 9.10 Å². The van der Waals surface area contributed by atoms with Crippen LogP contribution in [0.4, 0.5) is 10.1 Å². The van der Waals surface area contributed by atoms with Gasteiger partial charge in [0.1, 0.15) is 11.9 Å². The van der Waals surface area contributed by atoms with E-state index in [0.29, 0.717) is 13.0 Å². The van der Waals surface area contributed by atoms with Crippen molar-refractivity contribution < 1.29 is 17.6 Å². The molecule has 0 unspecified atom stereocenters. The fraction of sp³-hybridized carbons (Fsp3) is 0.316. The lowest BCUT2D eigenvalue weighted by Gasteiger charge is -2.30. The summed E-state index contributed by atoms with van der Waals surface area (Å²) in [6.07, 6.45) is 1.88. The molecule has 2 aromatic rings. The summed E-state index contributed by atoms with van der Waals surface area (Å²) >= 11 is 5.79. The topological polar surface area (TPSA) is 66.5 Å². The molecule has 0 radical (unpaired) electrons. The molecule has 0 saturated heterocycles. The molecular weight excluding hydrogens is 391 g/mol. The van der Waals surface area contributed by atoms with Gasteiger partial charge >= 0.3 is 0 Å². The van der Waals surface area contributed by atoms with Crippen LogP contribution < -0.4 is 9.62 Å². The fourth-order valence-corrected chi connectivity index (χ4v) is 4.15. The highest BCUT2D eigenvalue weighted by Crippen LogP contribution is 2.27. The molecule has 1 amide bonds. The van der Waals surface area contributed by atoms with Crippen molar-refractivity contribution in [2.75, 3.05) is 17.1 Å². The van der Waals surface area contributed by atoms with Crippen molar-refractivity contribution in [3.05, 3.63) is 64.9 Å². The summed E-state index contributed by atoms with van der Waals surface area (Å²) in [6, 6.07) is 12.3. The predicted molar refractivity (Wildman–Crippen MR) is 106 cm³/mol. The molecule has 5 nitrogen and oxygen atoms in total. The zero-order valence-corrected chi connectivity index (χ0v) is 16.7. The average molecular weight is 413 g/mol. The Bertz CT molecular complexity index is 891. The Labute approximate surface area is 164 Å². The molecule has 2 rings (SSSR count). The van der Waals surface area contributed by atoms with Crippen molar-refractivity contribution in [2.24, 2.45) is 0 Å². The molecule has 0 aliphatic heterocycles. The summed E-state index contributed by atoms with van der Waals surface area (Å²) in [7, 11) is -3.79. The Balaban J connectivity index is 2.18. The van der Waals surface area contributed by atoms with E-state index in [2.05, 4.69) is 5.32 Å². The minimum Gasteiger partial charge on any atom is -0.354 e. The number of benzene rings is 2. The first-order valence-electron chi connectivity index (χ1n) is 8.50. The maximum atomic E-state index is 13.4. The number of carbonyl (C=O) groups is 1. The third-order valence-electron chi connectivity index (χ3n) is 4.04. The molecule has 146 valence electrons. The minimum atomic E-state index is -3.79. The van der Waals surface area contributed by atoms with Crippen LogP contribution in [0.15, 0.2) is 48.5 Å². The van der Waals surface area contributed by atoms with Gasteiger partial charge in [0, 0.05) is 6.54 Å². The van der Waals surface area contributed by atoms with Gasteiger partial charge < -0.3 is 5.32 Å². The van der Waals surface area contributed by atoms with Crippen LogP contribution in [0.5, 0.6) is 0 Å². The molecule has 1 N–H and O–H groups in total. The number of rotatable bonds is 8. The van der Waals surface area contributed by atoms with Crippen LogP contribution in [0.25, 0.3) is 0 Å². The zero-order chi connectivity index (χ0) is 20.0. The van der Waals surface area contributed by atoms with Gasteiger partial charge in [0.05, 0.1) is 17.0 Å². The number of halogens is 2. The molecule has 0 saturated carbocycles. The van der Waals surface area contributed by atoms with Crippen molar-refractivity contribution in [3.63, 3.8) is 0 Å². The molecule has 0 fully saturated rings. The van der Waals surface area contributed by atoms with Gasteiger partial charge in [-0.05, 0) is 36.6 Å². The maximum Gasteiger partial charge on any atom is 0.243 e. The van der Waals surface area contributed by atoms with Crippen molar-refractivity contribution in [2.45, 2.75) is 25.8 Å². The second-order valence-corrected chi connectivity index (χ2v) is 8.37. The molecule has 0 heterocycles. The first-order chi connectivity index (χ1) is 12.7. The Hall–Kier alpha value is -2.12. The summed E-state index contributed by atoms with van der Waals surface area (Å²) in [6.45, 7) is 2.09. The smallest absolute Gasteiger partial charge is 0.243 e. The largest absolute Gasteiger partial charge is 0.354 e. The highest BCUT2D eigenvalue weighted by atomic mass is 35.5. The number of amides is 1. The fourth-order valence-electron chi connectivity index (χ4n) is 2.77. The molecule has 0 spiro atoms. The number of anilines is 1. The summed E-state index contributed by atoms with van der Waals surface area (Å²) < 4.78 is 39.1. The second-order valence-electron chi connectivity index (χ2n) is 6.11. The number of nitrogens with one attached hydrogen (secondary N) is 1. The highest BCUT2D eigenvalue weighted by Gasteiger charge is 2.31. The molecule has 0 aliphatic rings. The Morgan fingerprint density at radius 2 is 1.89 bits per heavy atom. The number of sulfonamides is 1. The van der Waals surface area contributed by atoms with Crippen LogP contribution in [0.1, 0.15) is 18.9 Å². The lowest BCUT2D eigenvalue weighted by Crippen LogP contribution is -2.49. The Morgan fingerprint density at radius 3 is 2.44 bits per heavy atom. The third kappa shape index (κ3) is 5.68. The SMILES string of the molecule is CC[C@H](C(=O)NCCc1ccccc1)N(c1ccc(F)c(Cl)c1)S(C)(=O)=O. The Kier molecular flexibility index (Phi) is 7.21. The van der Waals surface area contributed by atoms with E-state index in [1.54, 1.807) is 6.92 Å². The number of carbonyl (C=O) groups excluding carboxylic acids is 1. The molecule has 0 aliphatic carbocycles. The van der Waals surface area contributed by atoms with E-state index in [0.717, 1.165) is 22.2 Å². The van der Waals surface area contributed by atoms with E-state index in [4.69, 9.17) is 11.6 Å². The normalized spacial score (nSPS) is 12.4. The highest BCUT2D eigenvalue weighted by molar-refractivity contribution is 7.92. The van der Waals surface area contributed by atoms with Crippen LogP contribution >= 0.6 is 11.6 Å². The van der Waals surface area contributed by atoms with Gasteiger partial charge in [0.25, 0.3) is 0 Å². The van der Waals surface area contributed by atoms with Gasteiger partial charge in [-0.25, -0.2) is 12.8 Å². The maximum absolute atomic E-state index is 13.4. The van der Waals surface area contributed by atoms with Gasteiger partial charge in [-0.2, -0.15) is 0 Å². The summed E-state index contributed by atoms with van der Waals surface area (Å²) in [5.41, 5.74) is 1.21. The van der Waals surface area contributed by atoms with Crippen LogP contribution in [0.2, 0.25) is 5.02 Å². The molecule has 2 aromatic carbocycles. The van der Waals surface area contributed by atoms with Crippen molar-refractivity contribution in [3.8, 4) is 0 Å². The van der Waals surface area contributed by atoms with Crippen molar-refractivity contribution in [1.82, 2.24) is 5.32 Å². The van der Waals surface area contributed by atoms with Gasteiger partial charge in [-0.1, -0.05) is 48.9 Å². The van der Waals surface area contributed by atoms with Crippen LogP contribution in [-0.2, 0) is 21.2 Å². The van der Waals surface area contributed by atoms with Crippen LogP contribution in [0, 0.1) is 5.82 Å². The van der Waals surface area contributed by atoms with Gasteiger partial charge in [-0.15, -0.1) is 0 Å². The summed E-state index contributed by atoms with van der Waals surface area (Å²) in [4.78, 5) is 12.7. The lowest BCUT2D eigenvalue weighted by atomic mass is 10.1. The van der Waals surface area contributed by atoms with E-state index < -0.39 is 27.8 Å². The number of hydrogen-bond donors (Lipinski definition) is 1. The molecule has 1 atom stereocenters. The van der Waals surface area contributed by atoms with Crippen molar-refractivity contribution >= 4 is 33.2 Å². The van der Waals surface area contributed by atoms with E-state index in [1.807, 2.05) is 30.3 Å². The van der Waals surface area contributed by atoms with E-state index >= 15 is 0 Å². The van der Waals surface area contributed by atoms with E-state index in [1.165, 1.54) is 12.1 Å². The standard InChI is InChI=1S/C19H22ClFN2O3S/c1-3-18(19(24)22-12-11-14-7-5-4-6-8-14)23(27(2,25)26)15-9-10-17(21)16(20)13-15/h4-10,13,18H,3,11-12H2,1-2H3,(H,22,24)/t18-/m1/s1. The van der Waals surface area contributed by atoms with Gasteiger partial charge in [0.15, 0.2) is 0 Å². The minimum absolute atomic E-state index is 0.147. The zero-order valence-electron chi connectivity index (χ0n) is 15.2. The van der Waals surface area contributed by atoms with Crippen LogP contribution in [-0.4, -0.2) is 33.2 Å². The van der Waals surface area contributed by atoms with Crippen molar-refractivity contribution in [1.29, 1.82) is 0 Å². The molecular formula is C19H22ClFN2O3S. The number of hydrogen-bond acceptors (Lipinski definition) is 3. The third-order valence-corrected chi connectivity index (χ3v) is 5.51. The van der Waals surface area contributed by atoms with Crippen LogP contribution in [0.3, 0.4) is 0 Å². The first-order valence-corrected chi connectivity index (χ1v) is 10.7. The molecule has 27 heavy (non-hydrogen) atoms. The van der Waals surface area contributed by atoms with Gasteiger partial charge in [0.2, 0.25) is 15.9 Å². The molecule has 8 heteroatoms. The monoisotopic (exact) mass is 412 g/mol. The summed E-state index contributed by atoms with van der Waals surface area (Å²) in [5.74, 6) is -1.08. The molecule has 0 aromatic heterocycles.